The fourth-order valence-corrected chi connectivity index (χ4v) is 1.69. The summed E-state index contributed by atoms with van der Waals surface area (Å²) in [5, 5.41) is 8.72. The van der Waals surface area contributed by atoms with E-state index in [1.54, 1.807) is 20.8 Å². The summed E-state index contributed by atoms with van der Waals surface area (Å²) >= 11 is 0. The molecule has 4 heteroatoms. The molecular weight excluding hydrogens is 214 g/mol. The van der Waals surface area contributed by atoms with Gasteiger partial charge in [0.05, 0.1) is 6.42 Å². The predicted molar refractivity (Wildman–Crippen MR) is 56.4 cm³/mol. The maximum atomic E-state index is 13.6. The van der Waals surface area contributed by atoms with Gasteiger partial charge in [-0.3, -0.25) is 4.79 Å². The summed E-state index contributed by atoms with van der Waals surface area (Å²) in [7, 11) is 0. The number of hydrogen-bond acceptors (Lipinski definition) is 1. The predicted octanol–water partition coefficient (Wildman–Crippen LogP) is 3.03. The van der Waals surface area contributed by atoms with Crippen LogP contribution in [-0.4, -0.2) is 11.1 Å². The molecule has 0 aliphatic heterocycles. The highest BCUT2D eigenvalue weighted by Gasteiger charge is 2.28. The fourth-order valence-electron chi connectivity index (χ4n) is 1.69. The minimum atomic E-state index is -1.04. The lowest BCUT2D eigenvalue weighted by atomic mass is 9.80. The molecule has 0 atom stereocenters. The molecule has 0 spiro atoms. The van der Waals surface area contributed by atoms with Crippen LogP contribution in [0.4, 0.5) is 8.78 Å². The van der Waals surface area contributed by atoms with E-state index in [2.05, 4.69) is 0 Å². The molecule has 0 aromatic heterocycles. The van der Waals surface area contributed by atoms with Crippen molar-refractivity contribution in [2.24, 2.45) is 0 Å². The topological polar surface area (TPSA) is 37.3 Å². The molecule has 1 aromatic rings. The molecule has 88 valence electrons. The van der Waals surface area contributed by atoms with Crippen molar-refractivity contribution in [2.75, 3.05) is 0 Å². The van der Waals surface area contributed by atoms with E-state index in [1.807, 2.05) is 0 Å². The molecule has 1 aromatic carbocycles. The molecule has 0 fully saturated rings. The van der Waals surface area contributed by atoms with Crippen molar-refractivity contribution in [3.63, 3.8) is 0 Å². The van der Waals surface area contributed by atoms with Crippen LogP contribution in [0.3, 0.4) is 0 Å². The Morgan fingerprint density at radius 1 is 1.38 bits per heavy atom. The average molecular weight is 228 g/mol. The number of halogens is 2. The quantitative estimate of drug-likeness (QED) is 0.863. The van der Waals surface area contributed by atoms with Gasteiger partial charge in [0.25, 0.3) is 0 Å². The zero-order valence-electron chi connectivity index (χ0n) is 9.47. The van der Waals surface area contributed by atoms with E-state index in [1.165, 1.54) is 6.07 Å². The van der Waals surface area contributed by atoms with Crippen LogP contribution >= 0.6 is 0 Å². The maximum absolute atomic E-state index is 13.6. The van der Waals surface area contributed by atoms with Gasteiger partial charge in [-0.2, -0.15) is 0 Å². The molecule has 0 radical (unpaired) electrons. The summed E-state index contributed by atoms with van der Waals surface area (Å²) in [6.07, 6.45) is -0.243. The van der Waals surface area contributed by atoms with Crippen molar-refractivity contribution in [3.8, 4) is 0 Å². The van der Waals surface area contributed by atoms with E-state index in [0.29, 0.717) is 5.56 Å². The Morgan fingerprint density at radius 2 is 1.94 bits per heavy atom. The van der Waals surface area contributed by atoms with E-state index in [9.17, 15) is 13.6 Å². The first-order chi connectivity index (χ1) is 7.24. The second-order valence-electron chi connectivity index (χ2n) is 4.56. The van der Waals surface area contributed by atoms with Crippen molar-refractivity contribution < 1.29 is 18.7 Å². The van der Waals surface area contributed by atoms with Crippen LogP contribution in [0.5, 0.6) is 0 Å². The number of carboxylic acids is 1. The average Bonchev–Trinajstić information content (AvgIpc) is 2.08. The summed E-state index contributed by atoms with van der Waals surface area (Å²) in [6.45, 7) is 4.81. The summed E-state index contributed by atoms with van der Waals surface area (Å²) in [5.74, 6) is -2.93. The Kier molecular flexibility index (Phi) is 3.31. The second kappa shape index (κ2) is 4.20. The van der Waals surface area contributed by atoms with Crippen molar-refractivity contribution in [1.82, 2.24) is 0 Å². The van der Waals surface area contributed by atoms with Gasteiger partial charge in [-0.25, -0.2) is 8.78 Å². The van der Waals surface area contributed by atoms with Gasteiger partial charge in [-0.1, -0.05) is 19.9 Å². The Balaban J connectivity index is 3.26. The molecule has 2 nitrogen and oxygen atoms in total. The molecular formula is C12H14F2O2. The monoisotopic (exact) mass is 228 g/mol. The van der Waals surface area contributed by atoms with Crippen LogP contribution in [0, 0.1) is 18.6 Å². The lowest BCUT2D eigenvalue weighted by molar-refractivity contribution is -0.138. The molecule has 0 amide bonds. The van der Waals surface area contributed by atoms with E-state index >= 15 is 0 Å². The Morgan fingerprint density at radius 3 is 2.44 bits per heavy atom. The number of hydrogen-bond donors (Lipinski definition) is 1. The van der Waals surface area contributed by atoms with Crippen LogP contribution in [0.1, 0.15) is 31.4 Å². The standard InChI is InChI=1S/C12H14F2O2/c1-7-4-8(11(14)9(13)5-7)12(2,3)6-10(15)16/h4-5H,6H2,1-3H3,(H,15,16). The molecule has 0 aliphatic rings. The molecule has 1 N–H and O–H groups in total. The van der Waals surface area contributed by atoms with Crippen LogP contribution in [-0.2, 0) is 10.2 Å². The number of benzene rings is 1. The Bertz CT molecular complexity index is 425. The second-order valence-corrected chi connectivity index (χ2v) is 4.56. The smallest absolute Gasteiger partial charge is 0.304 e. The van der Waals surface area contributed by atoms with Crippen molar-refractivity contribution in [1.29, 1.82) is 0 Å². The normalized spacial score (nSPS) is 11.6. The molecule has 0 saturated carbocycles. The lowest BCUT2D eigenvalue weighted by Gasteiger charge is -2.24. The maximum Gasteiger partial charge on any atom is 0.304 e. The van der Waals surface area contributed by atoms with Crippen LogP contribution in [0.25, 0.3) is 0 Å². The van der Waals surface area contributed by atoms with Gasteiger partial charge >= 0.3 is 5.97 Å². The van der Waals surface area contributed by atoms with Crippen molar-refractivity contribution in [2.45, 2.75) is 32.6 Å². The largest absolute Gasteiger partial charge is 0.481 e. The number of aryl methyl sites for hydroxylation is 1. The Hall–Kier alpha value is -1.45. The van der Waals surface area contributed by atoms with E-state index < -0.39 is 23.0 Å². The summed E-state index contributed by atoms with van der Waals surface area (Å²) in [6, 6.07) is 2.58. The van der Waals surface area contributed by atoms with Gasteiger partial charge in [-0.15, -0.1) is 0 Å². The number of carbonyl (C=O) groups is 1. The lowest BCUT2D eigenvalue weighted by Crippen LogP contribution is -2.23. The van der Waals surface area contributed by atoms with Gasteiger partial charge in [0, 0.05) is 5.41 Å². The molecule has 0 aliphatic carbocycles. The van der Waals surface area contributed by atoms with Crippen molar-refractivity contribution >= 4 is 5.97 Å². The zero-order chi connectivity index (χ0) is 12.5. The van der Waals surface area contributed by atoms with Crippen molar-refractivity contribution in [3.05, 3.63) is 34.9 Å². The highest BCUT2D eigenvalue weighted by Crippen LogP contribution is 2.31. The van der Waals surface area contributed by atoms with Gasteiger partial charge in [0.1, 0.15) is 0 Å². The zero-order valence-corrected chi connectivity index (χ0v) is 9.47. The first kappa shape index (κ1) is 12.6. The van der Waals surface area contributed by atoms with E-state index in [0.717, 1.165) is 6.07 Å². The number of aliphatic carboxylic acids is 1. The SMILES string of the molecule is Cc1cc(F)c(F)c(C(C)(C)CC(=O)O)c1. The third-order valence-electron chi connectivity index (χ3n) is 2.49. The Labute approximate surface area is 92.9 Å². The summed E-state index contributed by atoms with van der Waals surface area (Å²) < 4.78 is 26.7. The molecule has 16 heavy (non-hydrogen) atoms. The van der Waals surface area contributed by atoms with Gasteiger partial charge < -0.3 is 5.11 Å². The van der Waals surface area contributed by atoms with E-state index in [4.69, 9.17) is 5.11 Å². The van der Waals surface area contributed by atoms with Crippen LogP contribution in [0.2, 0.25) is 0 Å². The minimum absolute atomic E-state index is 0.104. The molecule has 0 bridgehead atoms. The summed E-state index contributed by atoms with van der Waals surface area (Å²) in [5.41, 5.74) is -0.247. The first-order valence-corrected chi connectivity index (χ1v) is 4.92. The molecule has 0 unspecified atom stereocenters. The minimum Gasteiger partial charge on any atom is -0.481 e. The first-order valence-electron chi connectivity index (χ1n) is 4.92. The van der Waals surface area contributed by atoms with E-state index in [-0.39, 0.29) is 12.0 Å². The molecule has 0 heterocycles. The third kappa shape index (κ3) is 2.56. The molecule has 1 rings (SSSR count). The highest BCUT2D eigenvalue weighted by molar-refractivity contribution is 5.69. The third-order valence-corrected chi connectivity index (χ3v) is 2.49. The van der Waals surface area contributed by atoms with Gasteiger partial charge in [-0.05, 0) is 24.1 Å². The number of rotatable bonds is 3. The number of carboxylic acid groups (broad SMARTS) is 1. The highest BCUT2D eigenvalue weighted by atomic mass is 19.2. The molecule has 0 saturated heterocycles. The van der Waals surface area contributed by atoms with Gasteiger partial charge in [0.2, 0.25) is 0 Å². The summed E-state index contributed by atoms with van der Waals surface area (Å²) in [4.78, 5) is 10.7. The van der Waals surface area contributed by atoms with Crippen LogP contribution < -0.4 is 0 Å². The fraction of sp³-hybridized carbons (Fsp3) is 0.417. The van der Waals surface area contributed by atoms with Crippen LogP contribution in [0.15, 0.2) is 12.1 Å². The van der Waals surface area contributed by atoms with Gasteiger partial charge in [0.15, 0.2) is 11.6 Å².